The van der Waals surface area contributed by atoms with Crippen molar-refractivity contribution in [3.63, 3.8) is 0 Å². The van der Waals surface area contributed by atoms with Crippen LogP contribution in [0.25, 0.3) is 10.9 Å². The number of piperidine rings is 3. The number of methoxy groups -OCH3 is 1. The summed E-state index contributed by atoms with van der Waals surface area (Å²) in [6.45, 7) is 6.24. The smallest absolute Gasteiger partial charge is 0.132 e. The van der Waals surface area contributed by atoms with Crippen molar-refractivity contribution < 1.29 is 14.7 Å². The van der Waals surface area contributed by atoms with Gasteiger partial charge in [-0.2, -0.15) is 0 Å². The molecule has 0 saturated carbocycles. The van der Waals surface area contributed by atoms with Crippen molar-refractivity contribution in [3.8, 4) is 5.75 Å². The van der Waals surface area contributed by atoms with Crippen LogP contribution in [0.1, 0.15) is 24.5 Å². The molecule has 0 amide bonds. The zero-order chi connectivity index (χ0) is 16.7. The van der Waals surface area contributed by atoms with Crippen LogP contribution in [0.15, 0.2) is 43.1 Å². The number of ether oxygens (including phenoxy) is 1. The third-order valence-electron chi connectivity index (χ3n) is 5.96. The van der Waals surface area contributed by atoms with Crippen LogP contribution in [0, 0.1) is 11.8 Å². The molecule has 2 N–H and O–H groups in total. The van der Waals surface area contributed by atoms with Gasteiger partial charge in [-0.1, -0.05) is 6.08 Å². The highest BCUT2D eigenvalue weighted by molar-refractivity contribution is 5.80. The van der Waals surface area contributed by atoms with Crippen LogP contribution in [0.2, 0.25) is 0 Å². The van der Waals surface area contributed by atoms with E-state index in [0.29, 0.717) is 11.8 Å². The SMILES string of the molecule is C=C[C@H]1C[NH+]2CC[C@@H]1C[C@@H]2[C@@H](O)c1cnc2ccc(OC)cc2c1. The molecular weight excluding hydrogens is 300 g/mol. The third-order valence-corrected chi connectivity index (χ3v) is 5.96. The molecule has 0 aliphatic carbocycles. The molecule has 3 saturated heterocycles. The Hall–Kier alpha value is -1.91. The Morgan fingerprint density at radius 1 is 1.42 bits per heavy atom. The maximum Gasteiger partial charge on any atom is 0.132 e. The van der Waals surface area contributed by atoms with Gasteiger partial charge >= 0.3 is 0 Å². The zero-order valence-corrected chi connectivity index (χ0v) is 14.1. The maximum atomic E-state index is 11.0. The standard InChI is InChI=1S/C20H24N2O2/c1-3-13-12-22-7-6-14(13)10-19(22)20(23)16-8-15-9-17(24-2)4-5-18(15)21-11-16/h3-5,8-9,11,13-14,19-20,23H,1,6-7,10,12H2,2H3/p+1/t13-,14+,19+,20-/m0/s1. The number of hydrogen-bond acceptors (Lipinski definition) is 3. The number of nitrogens with zero attached hydrogens (tertiary/aromatic N) is 1. The van der Waals surface area contributed by atoms with Crippen LogP contribution in [0.4, 0.5) is 0 Å². The first kappa shape index (κ1) is 15.6. The van der Waals surface area contributed by atoms with Gasteiger partial charge < -0.3 is 14.7 Å². The van der Waals surface area contributed by atoms with E-state index in [1.807, 2.05) is 24.4 Å². The van der Waals surface area contributed by atoms with Gasteiger partial charge in [-0.05, 0) is 30.2 Å². The highest BCUT2D eigenvalue weighted by Crippen LogP contribution is 2.33. The molecule has 4 nitrogen and oxygen atoms in total. The fraction of sp³-hybridized carbons (Fsp3) is 0.450. The summed E-state index contributed by atoms with van der Waals surface area (Å²) in [6.07, 6.45) is 5.80. The minimum atomic E-state index is -0.461. The monoisotopic (exact) mass is 325 g/mol. The molecule has 1 unspecified atom stereocenters. The van der Waals surface area contributed by atoms with E-state index in [9.17, 15) is 5.11 Å². The van der Waals surface area contributed by atoms with Gasteiger partial charge in [0.1, 0.15) is 17.9 Å². The summed E-state index contributed by atoms with van der Waals surface area (Å²) in [6, 6.07) is 8.17. The Morgan fingerprint density at radius 2 is 2.29 bits per heavy atom. The minimum Gasteiger partial charge on any atom is -0.497 e. The van der Waals surface area contributed by atoms with Crippen molar-refractivity contribution in [2.75, 3.05) is 20.2 Å². The van der Waals surface area contributed by atoms with Crippen molar-refractivity contribution in [1.29, 1.82) is 0 Å². The molecule has 0 radical (unpaired) electrons. The number of hydrogen-bond donors (Lipinski definition) is 2. The van der Waals surface area contributed by atoms with Gasteiger partial charge in [0.15, 0.2) is 0 Å². The van der Waals surface area contributed by atoms with Crippen LogP contribution in [-0.4, -0.2) is 36.3 Å². The molecule has 3 fully saturated rings. The molecule has 126 valence electrons. The molecule has 1 aromatic carbocycles. The Bertz CT molecular complexity index is 760. The molecular formula is C20H25N2O2+. The molecule has 5 rings (SSSR count). The molecule has 3 aliphatic heterocycles. The number of quaternary nitrogens is 1. The quantitative estimate of drug-likeness (QED) is 0.842. The fourth-order valence-corrected chi connectivity index (χ4v) is 4.55. The molecule has 4 heterocycles. The van der Waals surface area contributed by atoms with Crippen molar-refractivity contribution >= 4 is 10.9 Å². The van der Waals surface area contributed by atoms with Crippen molar-refractivity contribution in [1.82, 2.24) is 4.98 Å². The molecule has 0 spiro atoms. The second-order valence-electron chi connectivity index (χ2n) is 7.17. The predicted octanol–water partition coefficient (Wildman–Crippen LogP) is 1.76. The number of pyridine rings is 1. The van der Waals surface area contributed by atoms with E-state index in [1.165, 1.54) is 11.3 Å². The average Bonchev–Trinajstić information content (AvgIpc) is 2.66. The summed E-state index contributed by atoms with van der Waals surface area (Å²) >= 11 is 0. The average molecular weight is 325 g/mol. The molecule has 3 aliphatic rings. The van der Waals surface area contributed by atoms with E-state index >= 15 is 0 Å². The van der Waals surface area contributed by atoms with E-state index in [-0.39, 0.29) is 6.04 Å². The summed E-state index contributed by atoms with van der Waals surface area (Å²) in [5, 5.41) is 12.0. The lowest BCUT2D eigenvalue weighted by atomic mass is 9.74. The van der Waals surface area contributed by atoms with Crippen LogP contribution in [0.5, 0.6) is 5.75 Å². The minimum absolute atomic E-state index is 0.268. The number of aliphatic hydroxyl groups excluding tert-OH is 1. The molecule has 5 atom stereocenters. The zero-order valence-electron chi connectivity index (χ0n) is 14.1. The van der Waals surface area contributed by atoms with Crippen molar-refractivity contribution in [2.45, 2.75) is 25.0 Å². The topological polar surface area (TPSA) is 46.8 Å². The number of aromatic nitrogens is 1. The van der Waals surface area contributed by atoms with Crippen molar-refractivity contribution in [3.05, 3.63) is 48.7 Å². The van der Waals surface area contributed by atoms with E-state index < -0.39 is 6.10 Å². The number of fused-ring (bicyclic) bond motifs is 4. The Balaban J connectivity index is 1.61. The lowest BCUT2D eigenvalue weighted by Crippen LogP contribution is -3.20. The van der Waals surface area contributed by atoms with E-state index in [4.69, 9.17) is 4.74 Å². The van der Waals surface area contributed by atoms with Crippen LogP contribution < -0.4 is 9.64 Å². The first-order valence-electron chi connectivity index (χ1n) is 8.78. The molecule has 2 aromatic rings. The molecule has 2 bridgehead atoms. The first-order valence-corrected chi connectivity index (χ1v) is 8.78. The summed E-state index contributed by atoms with van der Waals surface area (Å²) in [5.74, 6) is 2.10. The van der Waals surface area contributed by atoms with E-state index in [2.05, 4.69) is 23.7 Å². The van der Waals surface area contributed by atoms with E-state index in [0.717, 1.165) is 41.7 Å². The van der Waals surface area contributed by atoms with Gasteiger partial charge in [-0.15, -0.1) is 6.58 Å². The van der Waals surface area contributed by atoms with Gasteiger partial charge in [0, 0.05) is 35.9 Å². The van der Waals surface area contributed by atoms with Crippen LogP contribution in [0.3, 0.4) is 0 Å². The van der Waals surface area contributed by atoms with Gasteiger partial charge in [-0.25, -0.2) is 0 Å². The van der Waals surface area contributed by atoms with Crippen molar-refractivity contribution in [2.24, 2.45) is 11.8 Å². The Morgan fingerprint density at radius 3 is 3.00 bits per heavy atom. The van der Waals surface area contributed by atoms with Crippen LogP contribution in [-0.2, 0) is 0 Å². The summed E-state index contributed by atoms with van der Waals surface area (Å²) in [7, 11) is 1.67. The van der Waals surface area contributed by atoms with Gasteiger partial charge in [0.2, 0.25) is 0 Å². The highest BCUT2D eigenvalue weighted by Gasteiger charge is 2.45. The number of nitrogens with one attached hydrogen (secondary N) is 1. The number of aliphatic hydroxyl groups is 1. The predicted molar refractivity (Wildman–Crippen MR) is 94.2 cm³/mol. The second-order valence-corrected chi connectivity index (χ2v) is 7.17. The third kappa shape index (κ3) is 2.60. The lowest BCUT2D eigenvalue weighted by molar-refractivity contribution is -0.949. The number of rotatable bonds is 4. The lowest BCUT2D eigenvalue weighted by Gasteiger charge is -2.47. The summed E-state index contributed by atoms with van der Waals surface area (Å²) in [4.78, 5) is 6.04. The number of benzene rings is 1. The highest BCUT2D eigenvalue weighted by atomic mass is 16.5. The Kier molecular flexibility index (Phi) is 4.02. The summed E-state index contributed by atoms with van der Waals surface area (Å²) < 4.78 is 5.30. The molecule has 1 aromatic heterocycles. The fourth-order valence-electron chi connectivity index (χ4n) is 4.55. The van der Waals surface area contributed by atoms with Gasteiger partial charge in [0.25, 0.3) is 0 Å². The Labute approximate surface area is 142 Å². The first-order chi connectivity index (χ1) is 11.7. The van der Waals surface area contributed by atoms with Gasteiger partial charge in [0.05, 0.1) is 25.7 Å². The van der Waals surface area contributed by atoms with Gasteiger partial charge in [-0.3, -0.25) is 4.98 Å². The summed E-state index contributed by atoms with van der Waals surface area (Å²) in [5.41, 5.74) is 1.84. The van der Waals surface area contributed by atoms with E-state index in [1.54, 1.807) is 7.11 Å². The largest absolute Gasteiger partial charge is 0.497 e. The molecule has 4 heteroatoms. The maximum absolute atomic E-state index is 11.0. The molecule has 24 heavy (non-hydrogen) atoms. The normalized spacial score (nSPS) is 30.2. The second kappa shape index (κ2) is 6.19. The van der Waals surface area contributed by atoms with Crippen LogP contribution >= 0.6 is 0 Å².